The average molecular weight is 685 g/mol. The van der Waals surface area contributed by atoms with Gasteiger partial charge < -0.3 is 40.6 Å². The third-order valence-electron chi connectivity index (χ3n) is 8.14. The number of fused-ring (bicyclic) bond motifs is 3. The zero-order valence-electron chi connectivity index (χ0n) is 23.1. The number of imidazole rings is 2. The van der Waals surface area contributed by atoms with Crippen LogP contribution in [-0.4, -0.2) is 105 Å². The van der Waals surface area contributed by atoms with Gasteiger partial charge in [-0.2, -0.15) is 4.98 Å². The van der Waals surface area contributed by atoms with Crippen molar-refractivity contribution in [2.45, 2.75) is 48.6 Å². The molecule has 4 aliphatic rings. The number of H-pyrrole nitrogens is 1. The molecule has 4 aromatic heterocycles. The highest BCUT2D eigenvalue weighted by atomic mass is 31.2. The molecule has 8 heterocycles. The molecule has 4 saturated heterocycles. The first-order valence-electron chi connectivity index (χ1n) is 13.6. The van der Waals surface area contributed by atoms with Crippen molar-refractivity contribution in [3.63, 3.8) is 0 Å². The first kappa shape index (κ1) is 30.0. The maximum Gasteiger partial charge on any atom is 0.472 e. The Balaban J connectivity index is 1.14. The number of rotatable bonds is 2. The van der Waals surface area contributed by atoms with Gasteiger partial charge in [0.25, 0.3) is 5.56 Å². The molecule has 8 rings (SSSR count). The van der Waals surface area contributed by atoms with Crippen molar-refractivity contribution in [3.05, 3.63) is 35.3 Å². The fourth-order valence-corrected chi connectivity index (χ4v) is 7.94. The Bertz CT molecular complexity index is 2020. The van der Waals surface area contributed by atoms with Crippen molar-refractivity contribution in [1.29, 1.82) is 0 Å². The smallest absolute Gasteiger partial charge is 0.397 e. The minimum Gasteiger partial charge on any atom is -0.397 e. The molecule has 2 bridgehead atoms. The summed E-state index contributed by atoms with van der Waals surface area (Å²) in [6, 6.07) is 1.52. The van der Waals surface area contributed by atoms with Crippen LogP contribution >= 0.6 is 15.6 Å². The molecule has 4 unspecified atom stereocenters. The molecule has 4 fully saturated rings. The lowest BCUT2D eigenvalue weighted by atomic mass is 9.91. The molecule has 24 heteroatoms. The molecular weight excluding hydrogens is 660 g/mol. The van der Waals surface area contributed by atoms with Crippen LogP contribution in [0.1, 0.15) is 12.5 Å². The maximum absolute atomic E-state index is 13.4. The molecule has 0 spiro atoms. The van der Waals surface area contributed by atoms with Gasteiger partial charge in [0.05, 0.1) is 38.2 Å². The maximum atomic E-state index is 13.4. The third kappa shape index (κ3) is 4.69. The van der Waals surface area contributed by atoms with Gasteiger partial charge in [0, 0.05) is 6.20 Å². The molecule has 246 valence electrons. The van der Waals surface area contributed by atoms with E-state index in [9.17, 15) is 28.8 Å². The second-order valence-electron chi connectivity index (χ2n) is 11.0. The number of phosphoric ester groups is 2. The molecule has 4 aliphatic heterocycles. The predicted molar refractivity (Wildman–Crippen MR) is 148 cm³/mol. The Morgan fingerprint density at radius 1 is 0.957 bits per heavy atom. The highest BCUT2D eigenvalue weighted by molar-refractivity contribution is 7.47. The van der Waals surface area contributed by atoms with Crippen LogP contribution in [0.4, 0.5) is 11.6 Å². The van der Waals surface area contributed by atoms with Gasteiger partial charge in [-0.15, -0.1) is 0 Å². The molecule has 46 heavy (non-hydrogen) atoms. The van der Waals surface area contributed by atoms with E-state index < -0.39 is 83.0 Å². The van der Waals surface area contributed by atoms with Crippen LogP contribution in [0.2, 0.25) is 0 Å². The van der Waals surface area contributed by atoms with Gasteiger partial charge in [0.2, 0.25) is 5.95 Å². The SMILES string of the molecule is Nc1nc2c(ncn2[C@@H]2O[C@@]34COC3[C@@H]2OP(=O)(O)OC[C@H]2O[C@@H](n3cnc5c(N)ccnc53)[C@@H](O)C2OP(=O)(O)OC4)c(=O)[nH]1. The monoisotopic (exact) mass is 685 g/mol. The zero-order chi connectivity index (χ0) is 32.2. The number of nitrogen functional groups attached to an aromatic ring is 2. The summed E-state index contributed by atoms with van der Waals surface area (Å²) in [5.74, 6) is -0.238. The fourth-order valence-electron chi connectivity index (χ4n) is 6.01. The number of nitrogens with zero attached hydrogens (tertiary/aromatic N) is 6. The lowest BCUT2D eigenvalue weighted by Gasteiger charge is -2.43. The lowest BCUT2D eigenvalue weighted by molar-refractivity contribution is -0.244. The van der Waals surface area contributed by atoms with E-state index in [1.165, 1.54) is 34.1 Å². The molecular formula is C22H25N9O13P2. The molecule has 0 amide bonds. The summed E-state index contributed by atoms with van der Waals surface area (Å²) in [6.07, 6.45) is -6.03. The van der Waals surface area contributed by atoms with Crippen LogP contribution in [0, 0.1) is 0 Å². The summed E-state index contributed by atoms with van der Waals surface area (Å²) < 4.78 is 68.5. The minimum absolute atomic E-state index is 0.0475. The van der Waals surface area contributed by atoms with Gasteiger partial charge in [-0.05, 0) is 6.07 Å². The molecule has 10 atom stereocenters. The Morgan fingerprint density at radius 2 is 1.67 bits per heavy atom. The first-order valence-corrected chi connectivity index (χ1v) is 16.6. The average Bonchev–Trinajstić information content (AvgIpc) is 3.71. The second kappa shape index (κ2) is 10.3. The number of aromatic amines is 1. The molecule has 22 nitrogen and oxygen atoms in total. The highest BCUT2D eigenvalue weighted by Crippen LogP contribution is 2.58. The van der Waals surface area contributed by atoms with Crippen molar-refractivity contribution >= 4 is 49.6 Å². The Hall–Kier alpha value is -3.37. The van der Waals surface area contributed by atoms with E-state index in [1.54, 1.807) is 0 Å². The van der Waals surface area contributed by atoms with Crippen LogP contribution in [0.25, 0.3) is 22.3 Å². The summed E-state index contributed by atoms with van der Waals surface area (Å²) in [4.78, 5) is 52.8. The third-order valence-corrected chi connectivity index (χ3v) is 10.1. The van der Waals surface area contributed by atoms with E-state index in [-0.39, 0.29) is 29.4 Å². The fraction of sp³-hybridized carbons (Fsp3) is 0.500. The zero-order valence-corrected chi connectivity index (χ0v) is 24.9. The Morgan fingerprint density at radius 3 is 2.43 bits per heavy atom. The number of phosphoric acid groups is 2. The van der Waals surface area contributed by atoms with Gasteiger partial charge in [-0.3, -0.25) is 37.0 Å². The number of anilines is 2. The topological polar surface area (TPSA) is 306 Å². The van der Waals surface area contributed by atoms with Crippen molar-refractivity contribution in [3.8, 4) is 0 Å². The number of aromatic nitrogens is 7. The van der Waals surface area contributed by atoms with Crippen molar-refractivity contribution in [2.75, 3.05) is 31.3 Å². The lowest BCUT2D eigenvalue weighted by Crippen LogP contribution is -2.61. The predicted octanol–water partition coefficient (Wildman–Crippen LogP) is -1.33. The summed E-state index contributed by atoms with van der Waals surface area (Å²) in [5.41, 5.74) is 10.2. The number of nitrogens with two attached hydrogens (primary N) is 2. The van der Waals surface area contributed by atoms with E-state index in [1.807, 2.05) is 0 Å². The molecule has 4 aromatic rings. The number of hydrogen-bond donors (Lipinski definition) is 6. The minimum atomic E-state index is -5.02. The second-order valence-corrected chi connectivity index (χ2v) is 13.8. The van der Waals surface area contributed by atoms with Crippen molar-refractivity contribution in [1.82, 2.24) is 34.1 Å². The summed E-state index contributed by atoms with van der Waals surface area (Å²) >= 11 is 0. The standard InChI is InChI=1S/C22H25N9O13P2/c23-8-1-2-25-16-10(8)26-6-30(16)19-12(32)13-9(41-19)3-39-45(34,35)44-14-15-22(4-38-15,5-40-46(36,37)43-13)42-20(14)31-7-27-11-17(31)28-21(24)29-18(11)33/h1-2,6-7,9,12-15,19-20,32H,3-5H2,(H2,23,25)(H,34,35)(H,36,37)(H3,24,28,29,33)/t9-,12+,13?,14+,15?,19-,20-,22-/m1/s1. The molecule has 8 N–H and O–H groups in total. The van der Waals surface area contributed by atoms with E-state index in [0.29, 0.717) is 11.2 Å². The van der Waals surface area contributed by atoms with E-state index in [0.717, 1.165) is 0 Å². The number of aliphatic hydroxyl groups is 1. The van der Waals surface area contributed by atoms with Crippen LogP contribution in [-0.2, 0) is 41.4 Å². The highest BCUT2D eigenvalue weighted by Gasteiger charge is 2.66. The van der Waals surface area contributed by atoms with Gasteiger partial charge in [0.1, 0.15) is 41.6 Å². The van der Waals surface area contributed by atoms with Gasteiger partial charge in [-0.25, -0.2) is 24.1 Å². The van der Waals surface area contributed by atoms with Crippen LogP contribution in [0.3, 0.4) is 0 Å². The molecule has 0 aliphatic carbocycles. The number of nitrogens with one attached hydrogen (secondary N) is 1. The largest absolute Gasteiger partial charge is 0.472 e. The number of aliphatic hydroxyl groups excluding tert-OH is 1. The van der Waals surface area contributed by atoms with Crippen molar-refractivity contribution in [2.24, 2.45) is 0 Å². The summed E-state index contributed by atoms with van der Waals surface area (Å²) in [5, 5.41) is 11.2. The van der Waals surface area contributed by atoms with Gasteiger partial charge >= 0.3 is 15.6 Å². The normalized spacial score (nSPS) is 39.7. The Kier molecular flexibility index (Phi) is 6.72. The summed E-state index contributed by atoms with van der Waals surface area (Å²) in [6.45, 7) is -1.60. The van der Waals surface area contributed by atoms with E-state index in [2.05, 4.69) is 24.9 Å². The quantitative estimate of drug-likeness (QED) is 0.133. The van der Waals surface area contributed by atoms with E-state index >= 15 is 0 Å². The van der Waals surface area contributed by atoms with Crippen LogP contribution < -0.4 is 17.0 Å². The number of pyridine rings is 1. The molecule has 0 aromatic carbocycles. The van der Waals surface area contributed by atoms with Crippen LogP contribution in [0.5, 0.6) is 0 Å². The Labute approximate surface area is 255 Å². The van der Waals surface area contributed by atoms with Gasteiger partial charge in [0.15, 0.2) is 29.3 Å². The number of hydrogen-bond acceptors (Lipinski definition) is 17. The molecule has 0 saturated carbocycles. The van der Waals surface area contributed by atoms with E-state index in [4.69, 9.17) is 43.8 Å². The van der Waals surface area contributed by atoms with Crippen molar-refractivity contribution < 1.29 is 56.3 Å². The first-order chi connectivity index (χ1) is 21.8. The summed E-state index contributed by atoms with van der Waals surface area (Å²) in [7, 11) is -10.0. The number of ether oxygens (including phenoxy) is 3. The van der Waals surface area contributed by atoms with Crippen LogP contribution in [0.15, 0.2) is 29.7 Å². The molecule has 0 radical (unpaired) electrons. The van der Waals surface area contributed by atoms with Gasteiger partial charge in [-0.1, -0.05) is 0 Å².